The van der Waals surface area contributed by atoms with Gasteiger partial charge in [0.25, 0.3) is 0 Å². The van der Waals surface area contributed by atoms with E-state index in [9.17, 15) is 0 Å². The maximum atomic E-state index is 4.71. The van der Waals surface area contributed by atoms with Gasteiger partial charge in [0, 0.05) is 31.2 Å². The van der Waals surface area contributed by atoms with Crippen LogP contribution in [-0.4, -0.2) is 31.1 Å². The molecule has 0 aliphatic carbocycles. The highest BCUT2D eigenvalue weighted by Gasteiger charge is 2.21. The first-order valence-electron chi connectivity index (χ1n) is 6.31. The number of nitrogens with one attached hydrogen (secondary N) is 1. The Bertz CT molecular complexity index is 440. The molecule has 1 atom stereocenters. The summed E-state index contributed by atoms with van der Waals surface area (Å²) in [6.07, 6.45) is 0. The van der Waals surface area contributed by atoms with Crippen LogP contribution in [0, 0.1) is 5.92 Å². The fraction of sp³-hybridized carbons (Fsp3) is 0.500. The van der Waals surface area contributed by atoms with Crippen LogP contribution in [-0.2, 0) is 0 Å². The molecule has 0 amide bonds. The lowest BCUT2D eigenvalue weighted by molar-refractivity contribution is 0.543. The molecule has 3 nitrogen and oxygen atoms in total. The summed E-state index contributed by atoms with van der Waals surface area (Å²) in [5, 5.41) is 4.45. The van der Waals surface area contributed by atoms with Gasteiger partial charge in [0.05, 0.1) is 6.04 Å². The summed E-state index contributed by atoms with van der Waals surface area (Å²) >= 11 is 1.81. The van der Waals surface area contributed by atoms with Gasteiger partial charge in [-0.3, -0.25) is 4.99 Å². The van der Waals surface area contributed by atoms with Crippen LogP contribution in [0.5, 0.6) is 0 Å². The van der Waals surface area contributed by atoms with Crippen molar-refractivity contribution < 1.29 is 0 Å². The quantitative estimate of drug-likeness (QED) is 0.907. The maximum Gasteiger partial charge on any atom is 0.161 e. The lowest BCUT2D eigenvalue weighted by Gasteiger charge is -2.14. The molecule has 1 heterocycles. The highest BCUT2D eigenvalue weighted by Crippen LogP contribution is 2.25. The van der Waals surface area contributed by atoms with E-state index in [1.807, 2.05) is 11.8 Å². The van der Waals surface area contributed by atoms with Crippen molar-refractivity contribution in [2.24, 2.45) is 10.9 Å². The van der Waals surface area contributed by atoms with Crippen molar-refractivity contribution in [1.29, 1.82) is 0 Å². The lowest BCUT2D eigenvalue weighted by atomic mass is 10.1. The summed E-state index contributed by atoms with van der Waals surface area (Å²) in [5.74, 6) is 1.71. The van der Waals surface area contributed by atoms with E-state index < -0.39 is 0 Å². The second kappa shape index (κ2) is 5.65. The summed E-state index contributed by atoms with van der Waals surface area (Å²) in [4.78, 5) is 6.82. The molecule has 1 aromatic rings. The van der Waals surface area contributed by atoms with Crippen LogP contribution >= 0.6 is 11.8 Å². The van der Waals surface area contributed by atoms with Gasteiger partial charge in [-0.05, 0) is 24.1 Å². The molecule has 0 fully saturated rings. The molecule has 0 spiro atoms. The van der Waals surface area contributed by atoms with Gasteiger partial charge in [0.2, 0.25) is 0 Å². The van der Waals surface area contributed by atoms with Crippen molar-refractivity contribution in [2.75, 3.05) is 30.1 Å². The largest absolute Gasteiger partial charge is 0.378 e. The Morgan fingerprint density at radius 2 is 2.17 bits per heavy atom. The molecule has 1 N–H and O–H groups in total. The lowest BCUT2D eigenvalue weighted by Crippen LogP contribution is -2.12. The van der Waals surface area contributed by atoms with Crippen LogP contribution in [0.3, 0.4) is 0 Å². The summed E-state index contributed by atoms with van der Waals surface area (Å²) < 4.78 is 0. The zero-order chi connectivity index (χ0) is 13.1. The van der Waals surface area contributed by atoms with E-state index in [0.717, 1.165) is 16.6 Å². The minimum Gasteiger partial charge on any atom is -0.378 e. The molecule has 2 rings (SSSR count). The first kappa shape index (κ1) is 13.3. The van der Waals surface area contributed by atoms with Gasteiger partial charge in [-0.25, -0.2) is 0 Å². The number of rotatable bonds is 3. The number of hydrogen-bond donors (Lipinski definition) is 1. The zero-order valence-corrected chi connectivity index (χ0v) is 12.3. The van der Waals surface area contributed by atoms with Gasteiger partial charge >= 0.3 is 0 Å². The van der Waals surface area contributed by atoms with Gasteiger partial charge in [-0.2, -0.15) is 0 Å². The average Bonchev–Trinajstić information content (AvgIpc) is 2.78. The minimum atomic E-state index is 0.453. The van der Waals surface area contributed by atoms with E-state index in [4.69, 9.17) is 4.99 Å². The van der Waals surface area contributed by atoms with Gasteiger partial charge in [-0.1, -0.05) is 31.7 Å². The summed E-state index contributed by atoms with van der Waals surface area (Å²) in [5.41, 5.74) is 2.31. The highest BCUT2D eigenvalue weighted by molar-refractivity contribution is 8.14. The minimum absolute atomic E-state index is 0.453. The molecule has 1 aliphatic rings. The number of benzene rings is 1. The molecule has 1 aliphatic heterocycles. The van der Waals surface area contributed by atoms with Crippen molar-refractivity contribution in [2.45, 2.75) is 19.9 Å². The van der Waals surface area contributed by atoms with Crippen molar-refractivity contribution >= 4 is 28.3 Å². The Morgan fingerprint density at radius 1 is 1.39 bits per heavy atom. The fourth-order valence-electron chi connectivity index (χ4n) is 1.78. The second-order valence-electron chi connectivity index (χ2n) is 5.13. The predicted molar refractivity (Wildman–Crippen MR) is 82.9 cm³/mol. The highest BCUT2D eigenvalue weighted by atomic mass is 32.2. The summed E-state index contributed by atoms with van der Waals surface area (Å²) in [7, 11) is 4.10. The Hall–Kier alpha value is -1.16. The number of aliphatic imine (C=N–C) groups is 1. The van der Waals surface area contributed by atoms with E-state index in [2.05, 4.69) is 62.4 Å². The van der Waals surface area contributed by atoms with Crippen LogP contribution < -0.4 is 10.2 Å². The standard InChI is InChI=1S/C14H21N3S/c1-10(2)13-9-18-14(16-13)15-11-6-5-7-12(8-11)17(3)4/h5-8,10,13H,9H2,1-4H3,(H,15,16). The molecule has 98 valence electrons. The van der Waals surface area contributed by atoms with E-state index in [-0.39, 0.29) is 0 Å². The van der Waals surface area contributed by atoms with E-state index in [1.165, 1.54) is 5.69 Å². The molecule has 4 heteroatoms. The van der Waals surface area contributed by atoms with Crippen LogP contribution in [0.2, 0.25) is 0 Å². The van der Waals surface area contributed by atoms with E-state index >= 15 is 0 Å². The molecular weight excluding hydrogens is 242 g/mol. The Labute approximate surface area is 114 Å². The number of anilines is 2. The smallest absolute Gasteiger partial charge is 0.161 e. The Morgan fingerprint density at radius 3 is 2.78 bits per heavy atom. The first-order valence-corrected chi connectivity index (χ1v) is 7.30. The van der Waals surface area contributed by atoms with Gasteiger partial charge in [-0.15, -0.1) is 0 Å². The van der Waals surface area contributed by atoms with Crippen LogP contribution in [0.1, 0.15) is 13.8 Å². The topological polar surface area (TPSA) is 27.6 Å². The van der Waals surface area contributed by atoms with E-state index in [0.29, 0.717) is 12.0 Å². The molecule has 0 bridgehead atoms. The van der Waals surface area contributed by atoms with Crippen molar-refractivity contribution in [3.05, 3.63) is 24.3 Å². The number of amidine groups is 1. The molecule has 18 heavy (non-hydrogen) atoms. The SMILES string of the molecule is CC(C)C1CSC(Nc2cccc(N(C)C)c2)=N1. The molecule has 1 aromatic carbocycles. The average molecular weight is 263 g/mol. The van der Waals surface area contributed by atoms with Crippen LogP contribution in [0.15, 0.2) is 29.3 Å². The number of nitrogens with zero attached hydrogens (tertiary/aromatic N) is 2. The van der Waals surface area contributed by atoms with Gasteiger partial charge in [0.1, 0.15) is 0 Å². The monoisotopic (exact) mass is 263 g/mol. The van der Waals surface area contributed by atoms with Gasteiger partial charge in [0.15, 0.2) is 5.17 Å². The molecular formula is C14H21N3S. The third-order valence-electron chi connectivity index (χ3n) is 3.06. The zero-order valence-electron chi connectivity index (χ0n) is 11.5. The van der Waals surface area contributed by atoms with E-state index in [1.54, 1.807) is 0 Å². The van der Waals surface area contributed by atoms with Gasteiger partial charge < -0.3 is 10.2 Å². The number of thioether (sulfide) groups is 1. The van der Waals surface area contributed by atoms with Crippen LogP contribution in [0.4, 0.5) is 11.4 Å². The second-order valence-corrected chi connectivity index (χ2v) is 6.14. The third kappa shape index (κ3) is 3.19. The molecule has 0 saturated carbocycles. The normalized spacial score (nSPS) is 18.9. The molecule has 1 unspecified atom stereocenters. The number of hydrogen-bond acceptors (Lipinski definition) is 4. The molecule has 0 saturated heterocycles. The van der Waals surface area contributed by atoms with Crippen molar-refractivity contribution in [3.63, 3.8) is 0 Å². The summed E-state index contributed by atoms with van der Waals surface area (Å²) in [6.45, 7) is 4.45. The molecule has 0 radical (unpaired) electrons. The van der Waals surface area contributed by atoms with Crippen molar-refractivity contribution in [3.8, 4) is 0 Å². The Kier molecular flexibility index (Phi) is 4.17. The first-order chi connectivity index (χ1) is 8.56. The van der Waals surface area contributed by atoms with Crippen molar-refractivity contribution in [1.82, 2.24) is 0 Å². The Balaban J connectivity index is 2.06. The maximum absolute atomic E-state index is 4.71. The molecule has 0 aromatic heterocycles. The van der Waals surface area contributed by atoms with Crippen LogP contribution in [0.25, 0.3) is 0 Å². The summed E-state index contributed by atoms with van der Waals surface area (Å²) in [6, 6.07) is 8.85. The fourth-order valence-corrected chi connectivity index (χ4v) is 2.97. The third-order valence-corrected chi connectivity index (χ3v) is 4.05. The predicted octanol–water partition coefficient (Wildman–Crippen LogP) is 3.29.